The van der Waals surface area contributed by atoms with Gasteiger partial charge in [0.15, 0.2) is 5.82 Å². The molecule has 2 rings (SSSR count). The largest absolute Gasteiger partial charge is 0.382 e. The lowest BCUT2D eigenvalue weighted by molar-refractivity contribution is 0.628. The minimum atomic E-state index is -0.337. The molecule has 0 atom stereocenters. The average Bonchev–Trinajstić information content (AvgIpc) is 2.61. The second-order valence-electron chi connectivity index (χ2n) is 4.01. The highest BCUT2D eigenvalue weighted by Gasteiger charge is 2.16. The van der Waals surface area contributed by atoms with Gasteiger partial charge in [0.25, 0.3) is 0 Å². The number of halogens is 2. The molecule has 0 aliphatic carbocycles. The zero-order valence-corrected chi connectivity index (χ0v) is 11.5. The summed E-state index contributed by atoms with van der Waals surface area (Å²) in [5.74, 6) is 6.53. The summed E-state index contributed by atoms with van der Waals surface area (Å²) in [6.45, 7) is 2.03. The third kappa shape index (κ3) is 2.20. The predicted molar refractivity (Wildman–Crippen MR) is 73.9 cm³/mol. The zero-order valence-electron chi connectivity index (χ0n) is 9.95. The number of nitrogen functional groups attached to an aromatic ring is 2. The Hall–Kier alpha value is -1.56. The van der Waals surface area contributed by atoms with Crippen LogP contribution in [0.1, 0.15) is 19.2 Å². The number of benzene rings is 1. The first-order valence-corrected chi connectivity index (χ1v) is 6.41. The lowest BCUT2D eigenvalue weighted by atomic mass is 10.1. The second kappa shape index (κ2) is 4.97. The van der Waals surface area contributed by atoms with E-state index in [2.05, 4.69) is 20.9 Å². The van der Waals surface area contributed by atoms with Crippen LogP contribution in [0.4, 0.5) is 10.2 Å². The second-order valence-corrected chi connectivity index (χ2v) is 4.86. The Morgan fingerprint density at radius 2 is 2.17 bits per heavy atom. The van der Waals surface area contributed by atoms with Crippen molar-refractivity contribution in [2.45, 2.75) is 19.8 Å². The lowest BCUT2D eigenvalue weighted by Gasteiger charge is -2.03. The minimum absolute atomic E-state index is 0.337. The van der Waals surface area contributed by atoms with Crippen LogP contribution < -0.4 is 11.6 Å². The molecule has 0 saturated carbocycles. The molecule has 0 fully saturated rings. The Morgan fingerprint density at radius 3 is 2.83 bits per heavy atom. The molecule has 0 amide bonds. The fraction of sp³-hybridized carbons (Fsp3) is 0.250. The van der Waals surface area contributed by atoms with Gasteiger partial charge in [-0.05, 0) is 24.6 Å². The van der Waals surface area contributed by atoms with Crippen LogP contribution in [0, 0.1) is 5.82 Å². The van der Waals surface area contributed by atoms with Crippen molar-refractivity contribution in [2.24, 2.45) is 0 Å². The SMILES string of the molecule is CCCc1nc(-c2cc(F)ccc2Br)c(N)n1N. The third-order valence-electron chi connectivity index (χ3n) is 2.68. The fourth-order valence-electron chi connectivity index (χ4n) is 1.77. The van der Waals surface area contributed by atoms with Gasteiger partial charge in [-0.2, -0.15) is 0 Å². The summed E-state index contributed by atoms with van der Waals surface area (Å²) < 4.78 is 15.4. The quantitative estimate of drug-likeness (QED) is 0.856. The van der Waals surface area contributed by atoms with Gasteiger partial charge in [-0.3, -0.25) is 0 Å². The molecule has 18 heavy (non-hydrogen) atoms. The maximum atomic E-state index is 13.3. The van der Waals surface area contributed by atoms with E-state index in [0.717, 1.165) is 17.3 Å². The number of hydrogen-bond donors (Lipinski definition) is 2. The summed E-state index contributed by atoms with van der Waals surface area (Å²) >= 11 is 3.36. The standard InChI is InChI=1S/C12H14BrFN4/c1-2-3-10-17-11(12(15)18(10)16)8-6-7(14)4-5-9(8)13/h4-6H,2-3,15-16H2,1H3. The number of hydrogen-bond acceptors (Lipinski definition) is 3. The smallest absolute Gasteiger partial charge is 0.150 e. The van der Waals surface area contributed by atoms with Crippen molar-refractivity contribution in [3.8, 4) is 11.3 Å². The van der Waals surface area contributed by atoms with Gasteiger partial charge in [-0.1, -0.05) is 22.9 Å². The van der Waals surface area contributed by atoms with Gasteiger partial charge in [0, 0.05) is 16.5 Å². The molecule has 0 saturated heterocycles. The Morgan fingerprint density at radius 1 is 1.44 bits per heavy atom. The van der Waals surface area contributed by atoms with Gasteiger partial charge in [0.1, 0.15) is 17.3 Å². The summed E-state index contributed by atoms with van der Waals surface area (Å²) in [5.41, 5.74) is 7.03. The van der Waals surface area contributed by atoms with Crippen LogP contribution in [-0.4, -0.2) is 9.66 Å². The lowest BCUT2D eigenvalue weighted by Crippen LogP contribution is -2.15. The topological polar surface area (TPSA) is 69.9 Å². The van der Waals surface area contributed by atoms with E-state index in [4.69, 9.17) is 11.6 Å². The molecule has 4 nitrogen and oxygen atoms in total. The first kappa shape index (κ1) is 12.9. The molecule has 1 heterocycles. The van der Waals surface area contributed by atoms with Crippen LogP contribution >= 0.6 is 15.9 Å². The van der Waals surface area contributed by atoms with Crippen molar-refractivity contribution in [1.29, 1.82) is 0 Å². The van der Waals surface area contributed by atoms with Crippen molar-refractivity contribution < 1.29 is 4.39 Å². The Bertz CT molecular complexity index is 580. The monoisotopic (exact) mass is 312 g/mol. The Labute approximate surface area is 113 Å². The highest BCUT2D eigenvalue weighted by molar-refractivity contribution is 9.10. The molecule has 0 bridgehead atoms. The molecule has 1 aromatic carbocycles. The molecular formula is C12H14BrFN4. The number of nitrogens with zero attached hydrogens (tertiary/aromatic N) is 2. The van der Waals surface area contributed by atoms with E-state index in [1.807, 2.05) is 6.92 Å². The first-order valence-electron chi connectivity index (χ1n) is 5.62. The van der Waals surface area contributed by atoms with E-state index in [0.29, 0.717) is 22.9 Å². The number of aromatic nitrogens is 2. The number of nitrogens with two attached hydrogens (primary N) is 2. The third-order valence-corrected chi connectivity index (χ3v) is 3.37. The van der Waals surface area contributed by atoms with Gasteiger partial charge in [-0.25, -0.2) is 14.1 Å². The van der Waals surface area contributed by atoms with Crippen LogP contribution in [0.5, 0.6) is 0 Å². The summed E-state index contributed by atoms with van der Waals surface area (Å²) in [6.07, 6.45) is 1.64. The maximum absolute atomic E-state index is 13.3. The van der Waals surface area contributed by atoms with Crippen LogP contribution in [0.2, 0.25) is 0 Å². The highest BCUT2D eigenvalue weighted by atomic mass is 79.9. The molecule has 4 N–H and O–H groups in total. The number of rotatable bonds is 3. The molecule has 0 unspecified atom stereocenters. The van der Waals surface area contributed by atoms with E-state index in [9.17, 15) is 4.39 Å². The van der Waals surface area contributed by atoms with Crippen molar-refractivity contribution in [3.63, 3.8) is 0 Å². The van der Waals surface area contributed by atoms with Crippen LogP contribution in [0.25, 0.3) is 11.3 Å². The van der Waals surface area contributed by atoms with Crippen molar-refractivity contribution in [2.75, 3.05) is 11.6 Å². The molecule has 0 aliphatic heterocycles. The van der Waals surface area contributed by atoms with E-state index in [1.54, 1.807) is 6.07 Å². The molecule has 2 aromatic rings. The van der Waals surface area contributed by atoms with E-state index < -0.39 is 0 Å². The van der Waals surface area contributed by atoms with Gasteiger partial charge in [-0.15, -0.1) is 0 Å². The summed E-state index contributed by atoms with van der Waals surface area (Å²) in [4.78, 5) is 4.39. The van der Waals surface area contributed by atoms with Crippen LogP contribution in [0.3, 0.4) is 0 Å². The van der Waals surface area contributed by atoms with Crippen molar-refractivity contribution in [1.82, 2.24) is 9.66 Å². The summed E-state index contributed by atoms with van der Waals surface area (Å²) in [7, 11) is 0. The zero-order chi connectivity index (χ0) is 13.3. The summed E-state index contributed by atoms with van der Waals surface area (Å²) in [5, 5.41) is 0. The minimum Gasteiger partial charge on any atom is -0.382 e. The van der Waals surface area contributed by atoms with Gasteiger partial charge >= 0.3 is 0 Å². The van der Waals surface area contributed by atoms with E-state index in [1.165, 1.54) is 16.8 Å². The van der Waals surface area contributed by atoms with Crippen molar-refractivity contribution >= 4 is 21.7 Å². The van der Waals surface area contributed by atoms with Gasteiger partial charge < -0.3 is 11.6 Å². The van der Waals surface area contributed by atoms with Crippen LogP contribution in [-0.2, 0) is 6.42 Å². The maximum Gasteiger partial charge on any atom is 0.150 e. The molecule has 1 aromatic heterocycles. The average molecular weight is 313 g/mol. The number of aryl methyl sites for hydroxylation is 1. The molecule has 0 spiro atoms. The number of imidazole rings is 1. The first-order chi connectivity index (χ1) is 8.54. The molecule has 0 radical (unpaired) electrons. The predicted octanol–water partition coefficient (Wildman–Crippen LogP) is 2.70. The summed E-state index contributed by atoms with van der Waals surface area (Å²) in [6, 6.07) is 4.38. The number of anilines is 1. The Balaban J connectivity index is 2.57. The van der Waals surface area contributed by atoms with Gasteiger partial charge in [0.05, 0.1) is 0 Å². The highest BCUT2D eigenvalue weighted by Crippen LogP contribution is 2.32. The molecule has 96 valence electrons. The fourth-order valence-corrected chi connectivity index (χ4v) is 2.20. The van der Waals surface area contributed by atoms with E-state index >= 15 is 0 Å². The Kier molecular flexibility index (Phi) is 3.56. The van der Waals surface area contributed by atoms with E-state index in [-0.39, 0.29) is 5.82 Å². The van der Waals surface area contributed by atoms with Crippen molar-refractivity contribution in [3.05, 3.63) is 34.3 Å². The van der Waals surface area contributed by atoms with Gasteiger partial charge in [0.2, 0.25) is 0 Å². The molecular weight excluding hydrogens is 299 g/mol. The molecule has 6 heteroatoms. The van der Waals surface area contributed by atoms with Crippen LogP contribution in [0.15, 0.2) is 22.7 Å². The normalized spacial score (nSPS) is 10.8. The molecule has 0 aliphatic rings.